The Kier molecular flexibility index (Phi) is 4.34. The number of rotatable bonds is 6. The summed E-state index contributed by atoms with van der Waals surface area (Å²) in [6.45, 7) is 7.30. The van der Waals surface area contributed by atoms with Gasteiger partial charge in [0.2, 0.25) is 6.79 Å². The number of hydrogen-bond donors (Lipinski definition) is 0. The number of aromatic nitrogens is 2. The lowest BCUT2D eigenvalue weighted by atomic mass is 10.1. The van der Waals surface area contributed by atoms with Crippen LogP contribution in [0.15, 0.2) is 24.3 Å². The molecular formula is C17H23N3O2. The fourth-order valence-corrected chi connectivity index (χ4v) is 2.88. The Morgan fingerprint density at radius 1 is 1.27 bits per heavy atom. The fourth-order valence-electron chi connectivity index (χ4n) is 2.88. The van der Waals surface area contributed by atoms with E-state index in [4.69, 9.17) is 9.47 Å². The van der Waals surface area contributed by atoms with Crippen LogP contribution >= 0.6 is 0 Å². The fraction of sp³-hybridized carbons (Fsp3) is 0.471. The van der Waals surface area contributed by atoms with Crippen LogP contribution in [0, 0.1) is 13.8 Å². The Balaban J connectivity index is 1.52. The second kappa shape index (κ2) is 6.40. The first-order valence-corrected chi connectivity index (χ1v) is 7.70. The highest BCUT2D eigenvalue weighted by Crippen LogP contribution is 2.35. The van der Waals surface area contributed by atoms with E-state index in [-0.39, 0.29) is 0 Å². The highest BCUT2D eigenvalue weighted by atomic mass is 16.7. The molecule has 1 aliphatic heterocycles. The SMILES string of the molecule is Cc1cc(C)n(CCCN(C)Cc2cccc3c2OCO3)n1. The Morgan fingerprint density at radius 2 is 2.14 bits per heavy atom. The maximum absolute atomic E-state index is 5.56. The zero-order valence-corrected chi connectivity index (χ0v) is 13.5. The van der Waals surface area contributed by atoms with Crippen molar-refractivity contribution in [1.82, 2.24) is 14.7 Å². The van der Waals surface area contributed by atoms with Crippen molar-refractivity contribution in [2.75, 3.05) is 20.4 Å². The Labute approximate surface area is 131 Å². The highest BCUT2D eigenvalue weighted by molar-refractivity contribution is 5.48. The van der Waals surface area contributed by atoms with E-state index in [9.17, 15) is 0 Å². The zero-order chi connectivity index (χ0) is 15.5. The van der Waals surface area contributed by atoms with Gasteiger partial charge in [0.05, 0.1) is 5.69 Å². The maximum Gasteiger partial charge on any atom is 0.231 e. The molecule has 0 fully saturated rings. The van der Waals surface area contributed by atoms with E-state index in [1.165, 1.54) is 11.3 Å². The zero-order valence-electron chi connectivity index (χ0n) is 13.5. The molecule has 0 saturated carbocycles. The smallest absolute Gasteiger partial charge is 0.231 e. The summed E-state index contributed by atoms with van der Waals surface area (Å²) < 4.78 is 13.1. The molecule has 0 unspecified atom stereocenters. The van der Waals surface area contributed by atoms with Gasteiger partial charge in [-0.3, -0.25) is 4.68 Å². The van der Waals surface area contributed by atoms with Gasteiger partial charge >= 0.3 is 0 Å². The minimum Gasteiger partial charge on any atom is -0.454 e. The summed E-state index contributed by atoms with van der Waals surface area (Å²) in [4.78, 5) is 2.31. The van der Waals surface area contributed by atoms with Crippen molar-refractivity contribution < 1.29 is 9.47 Å². The van der Waals surface area contributed by atoms with E-state index >= 15 is 0 Å². The summed E-state index contributed by atoms with van der Waals surface area (Å²) in [6, 6.07) is 8.20. The van der Waals surface area contributed by atoms with Crippen LogP contribution in [0.3, 0.4) is 0 Å². The lowest BCUT2D eigenvalue weighted by molar-refractivity contribution is 0.172. The molecular weight excluding hydrogens is 278 g/mol. The minimum absolute atomic E-state index is 0.327. The summed E-state index contributed by atoms with van der Waals surface area (Å²) in [5, 5.41) is 4.50. The molecule has 0 saturated heterocycles. The van der Waals surface area contributed by atoms with Gasteiger partial charge in [-0.25, -0.2) is 0 Å². The third kappa shape index (κ3) is 3.25. The molecule has 22 heavy (non-hydrogen) atoms. The summed E-state index contributed by atoms with van der Waals surface area (Å²) in [6.07, 6.45) is 1.07. The Morgan fingerprint density at radius 3 is 2.91 bits per heavy atom. The lowest BCUT2D eigenvalue weighted by Crippen LogP contribution is -2.21. The second-order valence-corrected chi connectivity index (χ2v) is 5.89. The largest absolute Gasteiger partial charge is 0.454 e. The van der Waals surface area contributed by atoms with Crippen LogP contribution in [0.4, 0.5) is 0 Å². The van der Waals surface area contributed by atoms with Crippen LogP contribution < -0.4 is 9.47 Å². The molecule has 118 valence electrons. The monoisotopic (exact) mass is 301 g/mol. The third-order valence-electron chi connectivity index (χ3n) is 3.93. The maximum atomic E-state index is 5.56. The molecule has 5 nitrogen and oxygen atoms in total. The summed E-state index contributed by atoms with van der Waals surface area (Å²) in [5.74, 6) is 1.75. The van der Waals surface area contributed by atoms with Gasteiger partial charge < -0.3 is 14.4 Å². The number of fused-ring (bicyclic) bond motifs is 1. The standard InChI is InChI=1S/C17H23N3O2/c1-13-10-14(2)20(18-13)9-5-8-19(3)11-15-6-4-7-16-17(15)22-12-21-16/h4,6-7,10H,5,8-9,11-12H2,1-3H3. The van der Waals surface area contributed by atoms with Gasteiger partial charge in [0.1, 0.15) is 0 Å². The molecule has 2 aromatic rings. The minimum atomic E-state index is 0.327. The predicted molar refractivity (Wildman–Crippen MR) is 85.2 cm³/mol. The van der Waals surface area contributed by atoms with E-state index in [0.717, 1.165) is 43.2 Å². The molecule has 5 heteroatoms. The Bertz CT molecular complexity index is 651. The predicted octanol–water partition coefficient (Wildman–Crippen LogP) is 2.75. The highest BCUT2D eigenvalue weighted by Gasteiger charge is 2.17. The van der Waals surface area contributed by atoms with E-state index in [1.807, 2.05) is 19.1 Å². The van der Waals surface area contributed by atoms with Crippen molar-refractivity contribution in [3.8, 4) is 11.5 Å². The second-order valence-electron chi connectivity index (χ2n) is 5.89. The van der Waals surface area contributed by atoms with Crippen LogP contribution in [0.5, 0.6) is 11.5 Å². The molecule has 0 N–H and O–H groups in total. The first-order valence-electron chi connectivity index (χ1n) is 7.70. The number of para-hydroxylation sites is 1. The summed E-state index contributed by atoms with van der Waals surface area (Å²) in [7, 11) is 2.14. The van der Waals surface area contributed by atoms with Crippen molar-refractivity contribution in [3.05, 3.63) is 41.2 Å². The number of nitrogens with zero attached hydrogens (tertiary/aromatic N) is 3. The molecule has 0 bridgehead atoms. The van der Waals surface area contributed by atoms with Gasteiger partial charge in [0.15, 0.2) is 11.5 Å². The molecule has 0 aliphatic carbocycles. The average molecular weight is 301 g/mol. The van der Waals surface area contributed by atoms with Gasteiger partial charge in [-0.05, 0) is 46.0 Å². The van der Waals surface area contributed by atoms with E-state index < -0.39 is 0 Å². The van der Waals surface area contributed by atoms with E-state index in [0.29, 0.717) is 6.79 Å². The van der Waals surface area contributed by atoms with Crippen molar-refractivity contribution in [2.45, 2.75) is 33.4 Å². The van der Waals surface area contributed by atoms with Crippen LogP contribution in [0.1, 0.15) is 23.4 Å². The first kappa shape index (κ1) is 14.9. The molecule has 0 radical (unpaired) electrons. The van der Waals surface area contributed by atoms with Gasteiger partial charge in [0.25, 0.3) is 0 Å². The van der Waals surface area contributed by atoms with Gasteiger partial charge in [-0.15, -0.1) is 0 Å². The molecule has 3 rings (SSSR count). The number of aryl methyl sites for hydroxylation is 3. The van der Waals surface area contributed by atoms with Gasteiger partial charge in [-0.2, -0.15) is 5.10 Å². The van der Waals surface area contributed by atoms with E-state index in [1.54, 1.807) is 0 Å². The molecule has 0 spiro atoms. The number of benzene rings is 1. The van der Waals surface area contributed by atoms with Crippen LogP contribution in [0.25, 0.3) is 0 Å². The molecule has 0 atom stereocenters. The average Bonchev–Trinajstić information content (AvgIpc) is 3.06. The quantitative estimate of drug-likeness (QED) is 0.822. The van der Waals surface area contributed by atoms with Crippen molar-refractivity contribution in [1.29, 1.82) is 0 Å². The van der Waals surface area contributed by atoms with Crippen LogP contribution in [-0.4, -0.2) is 35.1 Å². The van der Waals surface area contributed by atoms with Gasteiger partial charge in [-0.1, -0.05) is 12.1 Å². The molecule has 1 aromatic carbocycles. The topological polar surface area (TPSA) is 39.5 Å². The van der Waals surface area contributed by atoms with Crippen LogP contribution in [-0.2, 0) is 13.1 Å². The molecule has 0 amide bonds. The molecule has 2 heterocycles. The lowest BCUT2D eigenvalue weighted by Gasteiger charge is -2.17. The van der Waals surface area contributed by atoms with Crippen molar-refractivity contribution in [3.63, 3.8) is 0 Å². The third-order valence-corrected chi connectivity index (χ3v) is 3.93. The Hall–Kier alpha value is -2.01. The molecule has 1 aromatic heterocycles. The van der Waals surface area contributed by atoms with Gasteiger partial charge in [0, 0.05) is 24.3 Å². The van der Waals surface area contributed by atoms with Crippen molar-refractivity contribution in [2.24, 2.45) is 0 Å². The summed E-state index contributed by atoms with van der Waals surface area (Å²) in [5.41, 5.74) is 3.50. The number of ether oxygens (including phenoxy) is 2. The number of hydrogen-bond acceptors (Lipinski definition) is 4. The first-order chi connectivity index (χ1) is 10.6. The summed E-state index contributed by atoms with van der Waals surface area (Å²) >= 11 is 0. The van der Waals surface area contributed by atoms with E-state index in [2.05, 4.69) is 40.8 Å². The van der Waals surface area contributed by atoms with Crippen molar-refractivity contribution >= 4 is 0 Å². The molecule has 1 aliphatic rings. The normalized spacial score (nSPS) is 13.1. The van der Waals surface area contributed by atoms with Crippen LogP contribution in [0.2, 0.25) is 0 Å².